The van der Waals surface area contributed by atoms with Crippen molar-refractivity contribution in [1.82, 2.24) is 0 Å². The Morgan fingerprint density at radius 1 is 0.944 bits per heavy atom. The van der Waals surface area contributed by atoms with Crippen molar-refractivity contribution in [2.24, 2.45) is 0 Å². The third kappa shape index (κ3) is 3.11. The van der Waals surface area contributed by atoms with Crippen molar-refractivity contribution in [3.05, 3.63) is 52.5 Å². The summed E-state index contributed by atoms with van der Waals surface area (Å²) >= 11 is 16.2. The molecular weight excluding hydrogens is 508 g/mol. The normalized spacial score (nSPS) is 12.8. The van der Waals surface area contributed by atoms with Gasteiger partial charge in [-0.1, -0.05) is 37.9 Å². The first kappa shape index (κ1) is 15.2. The van der Waals surface area contributed by atoms with Crippen LogP contribution in [0.3, 0.4) is 0 Å². The number of halogens is 4. The summed E-state index contributed by atoms with van der Waals surface area (Å²) in [4.78, 5) is 0.209. The van der Waals surface area contributed by atoms with E-state index < -0.39 is 0 Å². The minimum atomic E-state index is 0.209. The van der Waals surface area contributed by atoms with Crippen LogP contribution in [0.5, 0.6) is 0 Å². The Kier molecular flexibility index (Phi) is 5.15. The fraction of sp³-hybridized carbons (Fsp3) is 0.231. The van der Waals surface area contributed by atoms with E-state index in [0.29, 0.717) is 0 Å². The van der Waals surface area contributed by atoms with E-state index in [0.717, 1.165) is 12.0 Å². The summed E-state index contributed by atoms with van der Waals surface area (Å²) in [6.07, 6.45) is 0. The van der Waals surface area contributed by atoms with E-state index in [1.807, 2.05) is 0 Å². The van der Waals surface area contributed by atoms with E-state index in [1.54, 1.807) is 11.3 Å². The summed E-state index contributed by atoms with van der Waals surface area (Å²) in [6.45, 7) is 4.26. The number of rotatable bonds is 2. The van der Waals surface area contributed by atoms with Gasteiger partial charge in [-0.2, -0.15) is 0 Å². The highest BCUT2D eigenvalue weighted by Crippen LogP contribution is 2.43. The lowest BCUT2D eigenvalue weighted by Gasteiger charge is -2.14. The maximum atomic E-state index is 3.81. The maximum Gasteiger partial charge on any atom is 0.0757 e. The summed E-state index contributed by atoms with van der Waals surface area (Å²) in [7, 11) is 0. The average molecular weight is 518 g/mol. The molecule has 0 saturated heterocycles. The summed E-state index contributed by atoms with van der Waals surface area (Å²) in [5.74, 6) is 0. The van der Waals surface area contributed by atoms with Crippen LogP contribution in [0.15, 0.2) is 30.2 Å². The Balaban J connectivity index is 2.49. The van der Waals surface area contributed by atoms with Crippen LogP contribution in [-0.4, -0.2) is 0 Å². The topological polar surface area (TPSA) is 0 Å². The van der Waals surface area contributed by atoms with E-state index in [-0.39, 0.29) is 4.83 Å². The quantitative estimate of drug-likeness (QED) is 0.372. The summed E-state index contributed by atoms with van der Waals surface area (Å²) in [5.41, 5.74) is 5.10. The van der Waals surface area contributed by atoms with Gasteiger partial charge in [0.1, 0.15) is 0 Å². The predicted molar refractivity (Wildman–Crippen MR) is 94.1 cm³/mol. The molecule has 0 saturated carbocycles. The van der Waals surface area contributed by atoms with Gasteiger partial charge in [-0.15, -0.1) is 11.3 Å². The van der Waals surface area contributed by atoms with E-state index in [2.05, 4.69) is 95.8 Å². The first-order valence-electron chi connectivity index (χ1n) is 5.25. The van der Waals surface area contributed by atoms with Gasteiger partial charge in [-0.3, -0.25) is 0 Å². The molecule has 1 aromatic heterocycles. The molecule has 0 aliphatic heterocycles. The molecule has 0 fully saturated rings. The third-order valence-corrected chi connectivity index (χ3v) is 7.00. The van der Waals surface area contributed by atoms with Crippen LogP contribution < -0.4 is 0 Å². The Hall–Kier alpha value is 0.840. The van der Waals surface area contributed by atoms with Crippen molar-refractivity contribution in [3.63, 3.8) is 0 Å². The number of hydrogen-bond donors (Lipinski definition) is 0. The fourth-order valence-electron chi connectivity index (χ4n) is 1.77. The number of hydrogen-bond acceptors (Lipinski definition) is 1. The summed E-state index contributed by atoms with van der Waals surface area (Å²) in [5, 5.41) is 0. The Morgan fingerprint density at radius 2 is 1.61 bits per heavy atom. The molecule has 1 unspecified atom stereocenters. The van der Waals surface area contributed by atoms with Crippen LogP contribution in [-0.2, 0) is 0 Å². The van der Waals surface area contributed by atoms with Gasteiger partial charge in [0.2, 0.25) is 0 Å². The van der Waals surface area contributed by atoms with Gasteiger partial charge < -0.3 is 0 Å². The average Bonchev–Trinajstić information content (AvgIpc) is 2.62. The minimum absolute atomic E-state index is 0.209. The highest BCUT2D eigenvalue weighted by molar-refractivity contribution is 9.12. The number of aryl methyl sites for hydroxylation is 2. The Labute approximate surface area is 145 Å². The zero-order chi connectivity index (χ0) is 13.4. The minimum Gasteiger partial charge on any atom is -0.121 e. The molecule has 2 aromatic rings. The molecule has 0 N–H and O–H groups in total. The predicted octanol–water partition coefficient (Wildman–Crippen LogP) is 7.14. The van der Waals surface area contributed by atoms with Crippen molar-refractivity contribution >= 4 is 75.1 Å². The highest BCUT2D eigenvalue weighted by Gasteiger charge is 2.18. The molecular formula is C13H10Br4S. The standard InChI is InChI=1S/C13H10Br4S/c1-6-4-10(14)7(2)3-8(6)12(16)9-5-11(15)18-13(9)17/h3-5,12H,1-2H3. The van der Waals surface area contributed by atoms with Crippen molar-refractivity contribution in [1.29, 1.82) is 0 Å². The molecule has 0 radical (unpaired) electrons. The van der Waals surface area contributed by atoms with Crippen LogP contribution in [0.2, 0.25) is 0 Å². The molecule has 18 heavy (non-hydrogen) atoms. The summed E-state index contributed by atoms with van der Waals surface area (Å²) in [6, 6.07) is 6.57. The van der Waals surface area contributed by atoms with Crippen LogP contribution >= 0.6 is 75.1 Å². The van der Waals surface area contributed by atoms with Crippen molar-refractivity contribution in [2.75, 3.05) is 0 Å². The highest BCUT2D eigenvalue weighted by atomic mass is 79.9. The zero-order valence-corrected chi connectivity index (χ0v) is 16.9. The first-order chi connectivity index (χ1) is 8.40. The maximum absolute atomic E-state index is 3.81. The van der Waals surface area contributed by atoms with Crippen LogP contribution in [0, 0.1) is 13.8 Å². The van der Waals surface area contributed by atoms with Gasteiger partial charge in [0.05, 0.1) is 12.4 Å². The SMILES string of the molecule is Cc1cc(C(Br)c2cc(Br)sc2Br)c(C)cc1Br. The second-order valence-corrected chi connectivity index (χ2v) is 9.62. The van der Waals surface area contributed by atoms with Crippen LogP contribution in [0.1, 0.15) is 27.1 Å². The van der Waals surface area contributed by atoms with Gasteiger partial charge in [0, 0.05) is 4.47 Å². The second-order valence-electron chi connectivity index (χ2n) is 4.10. The number of benzene rings is 1. The van der Waals surface area contributed by atoms with Crippen molar-refractivity contribution in [2.45, 2.75) is 18.7 Å². The lowest BCUT2D eigenvalue weighted by Crippen LogP contribution is -1.96. The summed E-state index contributed by atoms with van der Waals surface area (Å²) < 4.78 is 3.46. The van der Waals surface area contributed by atoms with E-state index in [9.17, 15) is 0 Å². The molecule has 2 rings (SSSR count). The van der Waals surface area contributed by atoms with Crippen LogP contribution in [0.4, 0.5) is 0 Å². The second kappa shape index (κ2) is 6.08. The van der Waals surface area contributed by atoms with Crippen molar-refractivity contribution in [3.8, 4) is 0 Å². The molecule has 0 nitrogen and oxygen atoms in total. The fourth-order valence-corrected chi connectivity index (χ4v) is 6.44. The van der Waals surface area contributed by atoms with E-state index in [4.69, 9.17) is 0 Å². The number of alkyl halides is 1. The van der Waals surface area contributed by atoms with Gasteiger partial charge >= 0.3 is 0 Å². The lowest BCUT2D eigenvalue weighted by atomic mass is 10.00. The van der Waals surface area contributed by atoms with Gasteiger partial charge in [0.15, 0.2) is 0 Å². The molecule has 5 heteroatoms. The molecule has 96 valence electrons. The molecule has 0 bridgehead atoms. The molecule has 0 amide bonds. The van der Waals surface area contributed by atoms with Crippen LogP contribution in [0.25, 0.3) is 0 Å². The van der Waals surface area contributed by atoms with E-state index in [1.165, 1.54) is 22.3 Å². The molecule has 1 aromatic carbocycles. The third-order valence-electron chi connectivity index (χ3n) is 2.78. The Morgan fingerprint density at radius 3 is 2.17 bits per heavy atom. The molecule has 1 heterocycles. The van der Waals surface area contributed by atoms with Gasteiger partial charge in [-0.05, 0) is 80.1 Å². The molecule has 0 spiro atoms. The monoisotopic (exact) mass is 514 g/mol. The molecule has 0 aliphatic carbocycles. The molecule has 0 aliphatic rings. The van der Waals surface area contributed by atoms with E-state index >= 15 is 0 Å². The lowest BCUT2D eigenvalue weighted by molar-refractivity contribution is 1.13. The van der Waals surface area contributed by atoms with Crippen molar-refractivity contribution < 1.29 is 0 Å². The first-order valence-corrected chi connectivity index (χ1v) is 9.36. The van der Waals surface area contributed by atoms with Gasteiger partial charge in [0.25, 0.3) is 0 Å². The smallest absolute Gasteiger partial charge is 0.0757 e. The largest absolute Gasteiger partial charge is 0.121 e. The van der Waals surface area contributed by atoms with Gasteiger partial charge in [-0.25, -0.2) is 0 Å². The number of thiophene rings is 1. The Bertz CT molecular complexity index is 589. The zero-order valence-electron chi connectivity index (χ0n) is 9.73. The molecule has 1 atom stereocenters.